The van der Waals surface area contributed by atoms with Crippen LogP contribution in [0.5, 0.6) is 0 Å². The average molecular weight is 419 g/mol. The van der Waals surface area contributed by atoms with E-state index in [0.717, 1.165) is 51.7 Å². The first-order valence-corrected chi connectivity index (χ1v) is 11.0. The molecule has 172 valence electrons. The fraction of sp³-hybridized carbons (Fsp3) is 0.909. The Morgan fingerprint density at radius 2 is 0.966 bits per heavy atom. The fourth-order valence-electron chi connectivity index (χ4n) is 2.41. The molecule has 0 aromatic rings. The number of hydrogen-bond acceptors (Lipinski definition) is 7. The van der Waals surface area contributed by atoms with E-state index < -0.39 is 0 Å². The average Bonchev–Trinajstić information content (AvgIpc) is 2.66. The van der Waals surface area contributed by atoms with E-state index in [1.807, 2.05) is 27.7 Å². The third-order valence-electron chi connectivity index (χ3n) is 3.93. The summed E-state index contributed by atoms with van der Waals surface area (Å²) in [5.74, 6) is -0.410. The van der Waals surface area contributed by atoms with Crippen LogP contribution in [0.25, 0.3) is 0 Å². The van der Waals surface area contributed by atoms with Gasteiger partial charge in [0.2, 0.25) is 0 Å². The van der Waals surface area contributed by atoms with Gasteiger partial charge in [-0.25, -0.2) is 0 Å². The van der Waals surface area contributed by atoms with Crippen molar-refractivity contribution in [3.05, 3.63) is 0 Å². The van der Waals surface area contributed by atoms with E-state index >= 15 is 0 Å². The molecule has 0 unspecified atom stereocenters. The first-order valence-electron chi connectivity index (χ1n) is 11.0. The van der Waals surface area contributed by atoms with Gasteiger partial charge in [-0.2, -0.15) is 0 Å². The number of carbonyl (C=O) groups is 2. The van der Waals surface area contributed by atoms with Gasteiger partial charge in [0, 0.05) is 26.1 Å². The van der Waals surface area contributed by atoms with E-state index in [1.165, 1.54) is 0 Å². The van der Waals surface area contributed by atoms with E-state index in [4.69, 9.17) is 23.7 Å². The van der Waals surface area contributed by atoms with Gasteiger partial charge in [-0.1, -0.05) is 12.8 Å². The van der Waals surface area contributed by atoms with Crippen molar-refractivity contribution >= 4 is 11.9 Å². The molecule has 0 heterocycles. The predicted molar refractivity (Wildman–Crippen MR) is 112 cm³/mol. The van der Waals surface area contributed by atoms with Gasteiger partial charge < -0.3 is 23.7 Å². The normalized spacial score (nSPS) is 11.2. The summed E-state index contributed by atoms with van der Waals surface area (Å²) >= 11 is 0. The molecule has 0 amide bonds. The molecule has 0 aliphatic rings. The molecule has 0 aromatic heterocycles. The maximum atomic E-state index is 11.6. The second-order valence-corrected chi connectivity index (χ2v) is 7.51. The Labute approximate surface area is 176 Å². The second-order valence-electron chi connectivity index (χ2n) is 7.51. The molecule has 7 nitrogen and oxygen atoms in total. The second kappa shape index (κ2) is 20.1. The molecular weight excluding hydrogens is 376 g/mol. The highest BCUT2D eigenvalue weighted by Crippen LogP contribution is 2.04. The van der Waals surface area contributed by atoms with Crippen LogP contribution in [0.3, 0.4) is 0 Å². The van der Waals surface area contributed by atoms with Crippen molar-refractivity contribution in [1.82, 2.24) is 0 Å². The fourth-order valence-corrected chi connectivity index (χ4v) is 2.41. The van der Waals surface area contributed by atoms with E-state index in [0.29, 0.717) is 26.1 Å². The first-order chi connectivity index (χ1) is 13.9. The summed E-state index contributed by atoms with van der Waals surface area (Å²) in [7, 11) is 0. The van der Waals surface area contributed by atoms with Crippen molar-refractivity contribution in [2.45, 2.75) is 91.3 Å². The van der Waals surface area contributed by atoms with Crippen LogP contribution in [0, 0.1) is 0 Å². The van der Waals surface area contributed by atoms with Gasteiger partial charge in [0.05, 0.1) is 25.4 Å². The molecule has 0 aromatic carbocycles. The van der Waals surface area contributed by atoms with Crippen LogP contribution in [-0.4, -0.2) is 63.8 Å². The third kappa shape index (κ3) is 23.0. The summed E-state index contributed by atoms with van der Waals surface area (Å²) in [4.78, 5) is 23.2. The van der Waals surface area contributed by atoms with Crippen LogP contribution in [-0.2, 0) is 33.3 Å². The number of hydrogen-bond donors (Lipinski definition) is 0. The van der Waals surface area contributed by atoms with Gasteiger partial charge in [-0.3, -0.25) is 9.59 Å². The molecule has 0 radical (unpaired) electrons. The zero-order valence-corrected chi connectivity index (χ0v) is 18.9. The third-order valence-corrected chi connectivity index (χ3v) is 3.93. The molecule has 0 aliphatic heterocycles. The minimum atomic E-state index is -0.205. The van der Waals surface area contributed by atoms with Crippen LogP contribution < -0.4 is 0 Å². The van der Waals surface area contributed by atoms with E-state index in [1.54, 1.807) is 0 Å². The SMILES string of the molecule is CC(C)OCCCCCC(=O)OCCOCCOC(=O)CCCCCOC(C)C. The Kier molecular flexibility index (Phi) is 19.3. The Morgan fingerprint density at radius 1 is 0.552 bits per heavy atom. The van der Waals surface area contributed by atoms with Gasteiger partial charge in [0.1, 0.15) is 13.2 Å². The van der Waals surface area contributed by atoms with Crippen molar-refractivity contribution in [1.29, 1.82) is 0 Å². The van der Waals surface area contributed by atoms with Gasteiger partial charge >= 0.3 is 11.9 Å². The zero-order valence-electron chi connectivity index (χ0n) is 18.9. The summed E-state index contributed by atoms with van der Waals surface area (Å²) in [6.07, 6.45) is 6.78. The topological polar surface area (TPSA) is 80.3 Å². The van der Waals surface area contributed by atoms with Crippen LogP contribution in [0.15, 0.2) is 0 Å². The largest absolute Gasteiger partial charge is 0.463 e. The Bertz CT molecular complexity index is 361. The molecule has 0 spiro atoms. The first kappa shape index (κ1) is 27.8. The highest BCUT2D eigenvalue weighted by molar-refractivity contribution is 5.69. The minimum Gasteiger partial charge on any atom is -0.463 e. The molecule has 29 heavy (non-hydrogen) atoms. The minimum absolute atomic E-state index is 0.205. The highest BCUT2D eigenvalue weighted by Gasteiger charge is 2.04. The zero-order chi connectivity index (χ0) is 21.7. The van der Waals surface area contributed by atoms with Gasteiger partial charge in [-0.15, -0.1) is 0 Å². The van der Waals surface area contributed by atoms with Crippen molar-refractivity contribution < 1.29 is 33.3 Å². The lowest BCUT2D eigenvalue weighted by atomic mass is 10.2. The van der Waals surface area contributed by atoms with Crippen molar-refractivity contribution in [3.63, 3.8) is 0 Å². The number of rotatable bonds is 20. The monoisotopic (exact) mass is 418 g/mol. The van der Waals surface area contributed by atoms with Gasteiger partial charge in [0.15, 0.2) is 0 Å². The van der Waals surface area contributed by atoms with Crippen LogP contribution in [0.4, 0.5) is 0 Å². The summed E-state index contributed by atoms with van der Waals surface area (Å²) < 4.78 is 26.4. The standard InChI is InChI=1S/C22H42O7/c1-19(2)26-13-9-5-7-11-21(23)28-17-15-25-16-18-29-22(24)12-8-6-10-14-27-20(3)4/h19-20H,5-18H2,1-4H3. The summed E-state index contributed by atoms with van der Waals surface area (Å²) in [5, 5.41) is 0. The smallest absolute Gasteiger partial charge is 0.305 e. The maximum Gasteiger partial charge on any atom is 0.305 e. The van der Waals surface area contributed by atoms with E-state index in [9.17, 15) is 9.59 Å². The summed E-state index contributed by atoms with van der Waals surface area (Å²) in [6, 6.07) is 0. The van der Waals surface area contributed by atoms with E-state index in [-0.39, 0.29) is 37.4 Å². The lowest BCUT2D eigenvalue weighted by molar-refractivity contribution is -0.146. The maximum absolute atomic E-state index is 11.6. The Balaban J connectivity index is 3.31. The van der Waals surface area contributed by atoms with E-state index in [2.05, 4.69) is 0 Å². The van der Waals surface area contributed by atoms with Crippen molar-refractivity contribution in [2.75, 3.05) is 39.6 Å². The predicted octanol–water partition coefficient (Wildman–Crippen LogP) is 4.06. The number of ether oxygens (including phenoxy) is 5. The molecule has 0 atom stereocenters. The molecule has 0 rings (SSSR count). The van der Waals surface area contributed by atoms with Crippen LogP contribution in [0.2, 0.25) is 0 Å². The molecule has 7 heteroatoms. The molecule has 0 fully saturated rings. The van der Waals surface area contributed by atoms with Crippen LogP contribution >= 0.6 is 0 Å². The molecule has 0 N–H and O–H groups in total. The number of esters is 2. The summed E-state index contributed by atoms with van der Waals surface area (Å²) in [6.45, 7) is 10.6. The molecule has 0 saturated carbocycles. The summed E-state index contributed by atoms with van der Waals surface area (Å²) in [5.41, 5.74) is 0. The quantitative estimate of drug-likeness (QED) is 0.218. The molecule has 0 saturated heterocycles. The van der Waals surface area contributed by atoms with Crippen LogP contribution in [0.1, 0.15) is 79.1 Å². The molecule has 0 bridgehead atoms. The van der Waals surface area contributed by atoms with Crippen molar-refractivity contribution in [3.8, 4) is 0 Å². The van der Waals surface area contributed by atoms with Gasteiger partial charge in [0.25, 0.3) is 0 Å². The Morgan fingerprint density at radius 3 is 1.34 bits per heavy atom. The molecular formula is C22H42O7. The molecule has 0 aliphatic carbocycles. The lowest BCUT2D eigenvalue weighted by Crippen LogP contribution is -2.14. The lowest BCUT2D eigenvalue weighted by Gasteiger charge is -2.08. The van der Waals surface area contributed by atoms with Crippen molar-refractivity contribution in [2.24, 2.45) is 0 Å². The number of carbonyl (C=O) groups excluding carboxylic acids is 2. The number of unbranched alkanes of at least 4 members (excludes halogenated alkanes) is 4. The highest BCUT2D eigenvalue weighted by atomic mass is 16.6. The van der Waals surface area contributed by atoms with Gasteiger partial charge in [-0.05, 0) is 53.4 Å². The Hall–Kier alpha value is -1.18.